The van der Waals surface area contributed by atoms with Crippen molar-refractivity contribution in [1.82, 2.24) is 9.80 Å². The van der Waals surface area contributed by atoms with E-state index < -0.39 is 0 Å². The van der Waals surface area contributed by atoms with Crippen LogP contribution in [0, 0.1) is 13.8 Å². The average molecular weight is 346 g/mol. The monoisotopic (exact) mass is 346 g/mol. The molecule has 0 unspecified atom stereocenters. The summed E-state index contributed by atoms with van der Waals surface area (Å²) in [6.07, 6.45) is 3.40. The molecule has 5 heteroatoms. The van der Waals surface area contributed by atoms with Crippen LogP contribution in [0.3, 0.4) is 0 Å². The molecule has 0 aromatic heterocycles. The molecule has 0 bridgehead atoms. The highest BCUT2D eigenvalue weighted by atomic mass is 16.5. The van der Waals surface area contributed by atoms with E-state index in [1.165, 1.54) is 0 Å². The van der Waals surface area contributed by atoms with Crippen LogP contribution in [-0.2, 0) is 9.59 Å². The highest BCUT2D eigenvalue weighted by Gasteiger charge is 2.22. The summed E-state index contributed by atoms with van der Waals surface area (Å²) in [6.45, 7) is 8.81. The molecule has 0 aliphatic carbocycles. The second-order valence-corrected chi connectivity index (χ2v) is 6.71. The molecule has 2 rings (SSSR count). The molecule has 1 saturated heterocycles. The number of nitrogens with zero attached hydrogens (tertiary/aromatic N) is 2. The number of aryl methyl sites for hydroxylation is 1. The zero-order chi connectivity index (χ0) is 18.2. The van der Waals surface area contributed by atoms with E-state index in [1.54, 1.807) is 0 Å². The van der Waals surface area contributed by atoms with E-state index in [-0.39, 0.29) is 18.4 Å². The van der Waals surface area contributed by atoms with Gasteiger partial charge in [0.1, 0.15) is 5.75 Å². The molecule has 0 saturated carbocycles. The lowest BCUT2D eigenvalue weighted by atomic mass is 10.1. The Labute approximate surface area is 150 Å². The molecule has 1 heterocycles. The summed E-state index contributed by atoms with van der Waals surface area (Å²) in [4.78, 5) is 28.3. The van der Waals surface area contributed by atoms with Gasteiger partial charge in [-0.3, -0.25) is 9.59 Å². The predicted octanol–water partition coefficient (Wildman–Crippen LogP) is 2.93. The number of carbonyl (C=O) groups is 2. The van der Waals surface area contributed by atoms with Crippen molar-refractivity contribution in [1.29, 1.82) is 0 Å². The molecule has 5 nitrogen and oxygen atoms in total. The molecule has 0 radical (unpaired) electrons. The maximum Gasteiger partial charge on any atom is 0.260 e. The number of hydrogen-bond donors (Lipinski definition) is 0. The van der Waals surface area contributed by atoms with Crippen molar-refractivity contribution in [2.24, 2.45) is 0 Å². The van der Waals surface area contributed by atoms with Crippen molar-refractivity contribution in [2.45, 2.75) is 46.5 Å². The smallest absolute Gasteiger partial charge is 0.260 e. The lowest BCUT2D eigenvalue weighted by Crippen LogP contribution is -2.39. The van der Waals surface area contributed by atoms with Crippen LogP contribution in [0.5, 0.6) is 5.75 Å². The van der Waals surface area contributed by atoms with Crippen LogP contribution in [0.25, 0.3) is 0 Å². The Morgan fingerprint density at radius 2 is 1.72 bits per heavy atom. The first kappa shape index (κ1) is 19.3. The molecule has 0 atom stereocenters. The van der Waals surface area contributed by atoms with Crippen LogP contribution in [-0.4, -0.2) is 54.4 Å². The molecule has 1 aromatic rings. The summed E-state index contributed by atoms with van der Waals surface area (Å²) < 4.78 is 5.73. The SMILES string of the molecule is CCCCC(=O)N1CCCN(C(=O)COc2cccc(C)c2C)CC1. The standard InChI is InChI=1S/C20H30N2O3/c1-4-5-10-19(23)21-11-7-12-22(14-13-21)20(24)15-25-18-9-6-8-16(2)17(18)3/h6,8-9H,4-5,7,10-15H2,1-3H3. The van der Waals surface area contributed by atoms with Crippen LogP contribution >= 0.6 is 0 Å². The fraction of sp³-hybridized carbons (Fsp3) is 0.600. The van der Waals surface area contributed by atoms with E-state index in [0.717, 1.165) is 42.7 Å². The number of ether oxygens (including phenoxy) is 1. The molecular weight excluding hydrogens is 316 g/mol. The Kier molecular flexibility index (Phi) is 7.29. The second-order valence-electron chi connectivity index (χ2n) is 6.71. The van der Waals surface area contributed by atoms with Gasteiger partial charge < -0.3 is 14.5 Å². The highest BCUT2D eigenvalue weighted by Crippen LogP contribution is 2.20. The van der Waals surface area contributed by atoms with Gasteiger partial charge in [0.25, 0.3) is 5.91 Å². The second kappa shape index (κ2) is 9.44. The number of rotatable bonds is 6. The molecule has 1 aromatic carbocycles. The predicted molar refractivity (Wildman–Crippen MR) is 98.7 cm³/mol. The van der Waals surface area contributed by atoms with E-state index in [1.807, 2.05) is 41.8 Å². The average Bonchev–Trinajstić information content (AvgIpc) is 2.87. The molecule has 1 aliphatic rings. The summed E-state index contributed by atoms with van der Waals surface area (Å²) in [7, 11) is 0. The van der Waals surface area contributed by atoms with Crippen molar-refractivity contribution in [3.63, 3.8) is 0 Å². The van der Waals surface area contributed by atoms with Crippen molar-refractivity contribution < 1.29 is 14.3 Å². The third-order valence-corrected chi connectivity index (χ3v) is 4.85. The van der Waals surface area contributed by atoms with Crippen LogP contribution in [0.2, 0.25) is 0 Å². The topological polar surface area (TPSA) is 49.9 Å². The Bertz CT molecular complexity index is 601. The van der Waals surface area contributed by atoms with Crippen LogP contribution in [0.4, 0.5) is 0 Å². The number of amides is 2. The molecule has 138 valence electrons. The molecular formula is C20H30N2O3. The van der Waals surface area contributed by atoms with Gasteiger partial charge in [-0.25, -0.2) is 0 Å². The maximum absolute atomic E-state index is 12.5. The molecule has 25 heavy (non-hydrogen) atoms. The zero-order valence-corrected chi connectivity index (χ0v) is 15.7. The van der Waals surface area contributed by atoms with Crippen molar-refractivity contribution in [3.05, 3.63) is 29.3 Å². The third-order valence-electron chi connectivity index (χ3n) is 4.85. The third kappa shape index (κ3) is 5.48. The maximum atomic E-state index is 12.5. The molecule has 2 amide bonds. The molecule has 1 fully saturated rings. The minimum atomic E-state index is -0.0104. The van der Waals surface area contributed by atoms with Crippen molar-refractivity contribution in [2.75, 3.05) is 32.8 Å². The van der Waals surface area contributed by atoms with Gasteiger partial charge in [0.2, 0.25) is 5.91 Å². The van der Waals surface area contributed by atoms with Gasteiger partial charge in [0.15, 0.2) is 6.61 Å². The number of benzene rings is 1. The summed E-state index contributed by atoms with van der Waals surface area (Å²) in [5.41, 5.74) is 2.22. The first-order valence-corrected chi connectivity index (χ1v) is 9.27. The van der Waals surface area contributed by atoms with Crippen molar-refractivity contribution in [3.8, 4) is 5.75 Å². The van der Waals surface area contributed by atoms with Gasteiger partial charge in [0, 0.05) is 32.6 Å². The van der Waals surface area contributed by atoms with E-state index in [9.17, 15) is 9.59 Å². The van der Waals surface area contributed by atoms with Gasteiger partial charge in [0.05, 0.1) is 0 Å². The van der Waals surface area contributed by atoms with E-state index in [2.05, 4.69) is 6.92 Å². The van der Waals surface area contributed by atoms with Crippen molar-refractivity contribution >= 4 is 11.8 Å². The number of unbranched alkanes of at least 4 members (excludes halogenated alkanes) is 1. The van der Waals surface area contributed by atoms with Gasteiger partial charge in [-0.05, 0) is 43.9 Å². The van der Waals surface area contributed by atoms with E-state index in [4.69, 9.17) is 4.74 Å². The summed E-state index contributed by atoms with van der Waals surface area (Å²) in [5.74, 6) is 0.964. The van der Waals surface area contributed by atoms with E-state index >= 15 is 0 Å². The Morgan fingerprint density at radius 1 is 1.04 bits per heavy atom. The summed E-state index contributed by atoms with van der Waals surface area (Å²) in [5, 5.41) is 0. The van der Waals surface area contributed by atoms with Gasteiger partial charge in [-0.15, -0.1) is 0 Å². The van der Waals surface area contributed by atoms with Gasteiger partial charge in [-0.2, -0.15) is 0 Å². The summed E-state index contributed by atoms with van der Waals surface area (Å²) in [6, 6.07) is 5.86. The van der Waals surface area contributed by atoms with Gasteiger partial charge >= 0.3 is 0 Å². The Balaban J connectivity index is 1.84. The fourth-order valence-electron chi connectivity index (χ4n) is 3.01. The Hall–Kier alpha value is -2.04. The summed E-state index contributed by atoms with van der Waals surface area (Å²) >= 11 is 0. The minimum Gasteiger partial charge on any atom is -0.483 e. The number of hydrogen-bond acceptors (Lipinski definition) is 3. The first-order valence-electron chi connectivity index (χ1n) is 9.27. The number of carbonyl (C=O) groups excluding carboxylic acids is 2. The fourth-order valence-corrected chi connectivity index (χ4v) is 3.01. The zero-order valence-electron chi connectivity index (χ0n) is 15.7. The molecule has 1 aliphatic heterocycles. The molecule has 0 N–H and O–H groups in total. The van der Waals surface area contributed by atoms with Crippen LogP contribution in [0.1, 0.15) is 43.7 Å². The highest BCUT2D eigenvalue weighted by molar-refractivity contribution is 5.78. The largest absolute Gasteiger partial charge is 0.483 e. The molecule has 0 spiro atoms. The first-order chi connectivity index (χ1) is 12.0. The van der Waals surface area contributed by atoms with Crippen LogP contribution in [0.15, 0.2) is 18.2 Å². The Morgan fingerprint density at radius 3 is 2.40 bits per heavy atom. The van der Waals surface area contributed by atoms with E-state index in [0.29, 0.717) is 26.1 Å². The minimum absolute atomic E-state index is 0.0104. The quantitative estimate of drug-likeness (QED) is 0.796. The lowest BCUT2D eigenvalue weighted by molar-refractivity contribution is -0.134. The lowest BCUT2D eigenvalue weighted by Gasteiger charge is -2.22. The normalized spacial score (nSPS) is 15.0. The van der Waals surface area contributed by atoms with Crippen LogP contribution < -0.4 is 4.74 Å². The van der Waals surface area contributed by atoms with Gasteiger partial charge in [-0.1, -0.05) is 25.5 Å².